The molecule has 5 heteroatoms. The summed E-state index contributed by atoms with van der Waals surface area (Å²) in [7, 11) is 1.78. The Morgan fingerprint density at radius 3 is 2.72 bits per heavy atom. The van der Waals surface area contributed by atoms with Gasteiger partial charge in [0.05, 0.1) is 13.2 Å². The zero-order valence-electron chi connectivity index (χ0n) is 15.9. The molecule has 0 unspecified atom stereocenters. The number of nitrogens with one attached hydrogen (secondary N) is 2. The molecule has 25 heavy (non-hydrogen) atoms. The van der Waals surface area contributed by atoms with E-state index in [9.17, 15) is 0 Å². The van der Waals surface area contributed by atoms with Crippen molar-refractivity contribution in [3.05, 3.63) is 29.8 Å². The molecule has 0 aromatic heterocycles. The van der Waals surface area contributed by atoms with Crippen molar-refractivity contribution < 1.29 is 9.47 Å². The fraction of sp³-hybridized carbons (Fsp3) is 0.650. The van der Waals surface area contributed by atoms with Crippen LogP contribution >= 0.6 is 0 Å². The molecule has 1 aliphatic carbocycles. The number of hydrogen-bond donors (Lipinski definition) is 2. The van der Waals surface area contributed by atoms with Crippen LogP contribution in [0.4, 0.5) is 0 Å². The average molecular weight is 348 g/mol. The van der Waals surface area contributed by atoms with E-state index < -0.39 is 0 Å². The van der Waals surface area contributed by atoms with E-state index >= 15 is 0 Å². The Balaban J connectivity index is 1.92. The summed E-state index contributed by atoms with van der Waals surface area (Å²) in [5.41, 5.74) is 1.53. The van der Waals surface area contributed by atoms with Gasteiger partial charge in [-0.05, 0) is 56.2 Å². The van der Waals surface area contributed by atoms with Crippen LogP contribution in [0, 0.1) is 5.41 Å². The number of methoxy groups -OCH3 is 1. The van der Waals surface area contributed by atoms with Crippen molar-refractivity contribution in [2.24, 2.45) is 10.4 Å². The highest BCUT2D eigenvalue weighted by Crippen LogP contribution is 2.43. The summed E-state index contributed by atoms with van der Waals surface area (Å²) >= 11 is 0. The van der Waals surface area contributed by atoms with Gasteiger partial charge in [0, 0.05) is 26.8 Å². The minimum absolute atomic E-state index is 0.376. The molecule has 2 N–H and O–H groups in total. The summed E-state index contributed by atoms with van der Waals surface area (Å²) in [6.07, 6.45) is 4.99. The Labute approximate surface area is 152 Å². The quantitative estimate of drug-likeness (QED) is 0.503. The Morgan fingerprint density at radius 1 is 1.24 bits per heavy atom. The Hall–Kier alpha value is -1.75. The molecule has 1 aliphatic rings. The van der Waals surface area contributed by atoms with E-state index in [2.05, 4.69) is 29.7 Å². The summed E-state index contributed by atoms with van der Waals surface area (Å²) in [5.74, 6) is 1.79. The predicted octanol–water partition coefficient (Wildman–Crippen LogP) is 3.35. The minimum atomic E-state index is 0.376. The van der Waals surface area contributed by atoms with Crippen LogP contribution in [0.15, 0.2) is 29.3 Å². The lowest BCUT2D eigenvalue weighted by molar-refractivity contribution is 0.0732. The Morgan fingerprint density at radius 2 is 2.08 bits per heavy atom. The number of rotatable bonds is 10. The van der Waals surface area contributed by atoms with E-state index in [1.165, 1.54) is 19.3 Å². The molecule has 1 saturated carbocycles. The van der Waals surface area contributed by atoms with Gasteiger partial charge in [0.2, 0.25) is 0 Å². The molecular weight excluding hydrogens is 314 g/mol. The maximum atomic E-state index is 5.56. The van der Waals surface area contributed by atoms with E-state index in [0.29, 0.717) is 18.6 Å². The van der Waals surface area contributed by atoms with Crippen LogP contribution in [0.1, 0.15) is 45.1 Å². The first-order valence-electron chi connectivity index (χ1n) is 9.44. The smallest absolute Gasteiger partial charge is 0.191 e. The zero-order chi connectivity index (χ0) is 18.0. The van der Waals surface area contributed by atoms with Crippen molar-refractivity contribution in [1.82, 2.24) is 10.6 Å². The lowest BCUT2D eigenvalue weighted by atomic mass is 9.67. The highest BCUT2D eigenvalue weighted by Gasteiger charge is 2.36. The maximum Gasteiger partial charge on any atom is 0.191 e. The molecule has 0 bridgehead atoms. The van der Waals surface area contributed by atoms with Crippen molar-refractivity contribution in [2.75, 3.05) is 33.4 Å². The van der Waals surface area contributed by atoms with E-state index in [1.807, 2.05) is 19.1 Å². The van der Waals surface area contributed by atoms with Gasteiger partial charge in [0.15, 0.2) is 5.96 Å². The van der Waals surface area contributed by atoms with Crippen molar-refractivity contribution >= 4 is 5.96 Å². The van der Waals surface area contributed by atoms with Crippen LogP contribution in [0.2, 0.25) is 0 Å². The number of ether oxygens (including phenoxy) is 2. The molecule has 2 rings (SSSR count). The first-order valence-corrected chi connectivity index (χ1v) is 9.44. The lowest BCUT2D eigenvalue weighted by Gasteiger charge is -2.42. The highest BCUT2D eigenvalue weighted by atomic mass is 16.5. The summed E-state index contributed by atoms with van der Waals surface area (Å²) in [4.78, 5) is 4.73. The second-order valence-corrected chi connectivity index (χ2v) is 6.73. The topological polar surface area (TPSA) is 54.9 Å². The van der Waals surface area contributed by atoms with Gasteiger partial charge in [-0.1, -0.05) is 18.6 Å². The van der Waals surface area contributed by atoms with Crippen molar-refractivity contribution in [2.45, 2.75) is 46.1 Å². The van der Waals surface area contributed by atoms with Crippen molar-refractivity contribution in [1.29, 1.82) is 0 Å². The van der Waals surface area contributed by atoms with Gasteiger partial charge in [0.25, 0.3) is 0 Å². The molecule has 0 amide bonds. The normalized spacial score (nSPS) is 16.2. The number of benzene rings is 1. The maximum absolute atomic E-state index is 5.56. The van der Waals surface area contributed by atoms with Crippen LogP contribution in [-0.2, 0) is 11.3 Å². The third-order valence-corrected chi connectivity index (χ3v) is 4.85. The molecule has 0 saturated heterocycles. The van der Waals surface area contributed by atoms with E-state index in [0.717, 1.165) is 43.4 Å². The van der Waals surface area contributed by atoms with E-state index in [4.69, 9.17) is 14.5 Å². The summed E-state index contributed by atoms with van der Waals surface area (Å²) in [6.45, 7) is 8.06. The number of aliphatic imine (C=N–C) groups is 1. The molecule has 0 spiro atoms. The molecule has 1 aromatic rings. The molecule has 0 aliphatic heterocycles. The van der Waals surface area contributed by atoms with Gasteiger partial charge >= 0.3 is 0 Å². The molecule has 1 fully saturated rings. The summed E-state index contributed by atoms with van der Waals surface area (Å²) in [5, 5.41) is 6.88. The molecule has 0 radical (unpaired) electrons. The number of guanidine groups is 1. The lowest BCUT2D eigenvalue weighted by Crippen LogP contribution is -2.46. The fourth-order valence-electron chi connectivity index (χ4n) is 3.19. The van der Waals surface area contributed by atoms with E-state index in [1.54, 1.807) is 7.11 Å². The number of nitrogens with zero attached hydrogens (tertiary/aromatic N) is 1. The summed E-state index contributed by atoms with van der Waals surface area (Å²) < 4.78 is 10.8. The third-order valence-electron chi connectivity index (χ3n) is 4.85. The first-order chi connectivity index (χ1) is 12.2. The molecular formula is C20H33N3O2. The SMILES string of the molecule is CCNC(=NCc1cccc(OCC)c1)NCC1(CCOC)CCC1. The zero-order valence-corrected chi connectivity index (χ0v) is 15.9. The first kappa shape index (κ1) is 19.6. The standard InChI is InChI=1S/C20H33N3O2/c1-4-21-19(23-16-20(10-7-11-20)12-13-24-3)22-15-17-8-6-9-18(14-17)25-5-2/h6,8-9,14H,4-5,7,10-13,15-16H2,1-3H3,(H2,21,22,23). The van der Waals surface area contributed by atoms with Gasteiger partial charge in [-0.15, -0.1) is 0 Å². The van der Waals surface area contributed by atoms with Gasteiger partial charge < -0.3 is 20.1 Å². The van der Waals surface area contributed by atoms with Crippen molar-refractivity contribution in [3.63, 3.8) is 0 Å². The monoisotopic (exact) mass is 347 g/mol. The minimum Gasteiger partial charge on any atom is -0.494 e. The van der Waals surface area contributed by atoms with Crippen LogP contribution in [-0.4, -0.2) is 39.4 Å². The second-order valence-electron chi connectivity index (χ2n) is 6.73. The molecule has 140 valence electrons. The fourth-order valence-corrected chi connectivity index (χ4v) is 3.19. The second kappa shape index (κ2) is 10.3. The molecule has 0 heterocycles. The highest BCUT2D eigenvalue weighted by molar-refractivity contribution is 5.79. The Bertz CT molecular complexity index is 541. The van der Waals surface area contributed by atoms with Crippen molar-refractivity contribution in [3.8, 4) is 5.75 Å². The summed E-state index contributed by atoms with van der Waals surface area (Å²) in [6, 6.07) is 8.14. The van der Waals surface area contributed by atoms with Crippen LogP contribution < -0.4 is 15.4 Å². The Kier molecular flexibility index (Phi) is 8.06. The number of hydrogen-bond acceptors (Lipinski definition) is 3. The van der Waals surface area contributed by atoms with E-state index in [-0.39, 0.29) is 0 Å². The van der Waals surface area contributed by atoms with Gasteiger partial charge in [0.1, 0.15) is 5.75 Å². The largest absolute Gasteiger partial charge is 0.494 e. The molecule has 0 atom stereocenters. The van der Waals surface area contributed by atoms with Crippen LogP contribution in [0.5, 0.6) is 5.75 Å². The van der Waals surface area contributed by atoms with Crippen LogP contribution in [0.3, 0.4) is 0 Å². The molecule has 5 nitrogen and oxygen atoms in total. The average Bonchev–Trinajstić information content (AvgIpc) is 2.59. The van der Waals surface area contributed by atoms with Crippen LogP contribution in [0.25, 0.3) is 0 Å². The predicted molar refractivity (Wildman–Crippen MR) is 103 cm³/mol. The third kappa shape index (κ3) is 6.24. The van der Waals surface area contributed by atoms with Gasteiger partial charge in [-0.25, -0.2) is 4.99 Å². The molecule has 1 aromatic carbocycles. The van der Waals surface area contributed by atoms with Gasteiger partial charge in [-0.3, -0.25) is 0 Å². The van der Waals surface area contributed by atoms with Gasteiger partial charge in [-0.2, -0.15) is 0 Å².